The number of esters is 1. The van der Waals surface area contributed by atoms with Gasteiger partial charge in [0.25, 0.3) is 0 Å². The minimum absolute atomic E-state index is 0.126. The Kier molecular flexibility index (Phi) is 7.02. The van der Waals surface area contributed by atoms with Crippen molar-refractivity contribution in [2.24, 2.45) is 0 Å². The fourth-order valence-corrected chi connectivity index (χ4v) is 2.09. The second kappa shape index (κ2) is 7.12. The molecule has 1 unspecified atom stereocenters. The second-order valence-corrected chi connectivity index (χ2v) is 5.53. The first-order valence-electron chi connectivity index (χ1n) is 5.36. The van der Waals surface area contributed by atoms with Gasteiger partial charge in [-0.3, -0.25) is 4.79 Å². The lowest BCUT2D eigenvalue weighted by Crippen LogP contribution is -2.28. The van der Waals surface area contributed by atoms with Gasteiger partial charge in [-0.05, 0) is 34.2 Å². The number of ether oxygens (including phenoxy) is 1. The van der Waals surface area contributed by atoms with Gasteiger partial charge in [0.2, 0.25) is 0 Å². The van der Waals surface area contributed by atoms with Crippen molar-refractivity contribution in [2.45, 2.75) is 45.8 Å². The van der Waals surface area contributed by atoms with Crippen molar-refractivity contribution in [1.82, 2.24) is 5.32 Å². The van der Waals surface area contributed by atoms with Crippen molar-refractivity contribution >= 4 is 17.7 Å². The number of carbonyl (C=O) groups is 1. The summed E-state index contributed by atoms with van der Waals surface area (Å²) in [7, 11) is 1.95. The largest absolute Gasteiger partial charge is 0.459 e. The van der Waals surface area contributed by atoms with E-state index in [-0.39, 0.29) is 11.6 Å². The predicted molar refractivity (Wildman–Crippen MR) is 66.3 cm³/mol. The lowest BCUT2D eigenvalue weighted by molar-refractivity contribution is -0.151. The van der Waals surface area contributed by atoms with Crippen molar-refractivity contribution in [1.29, 1.82) is 0 Å². The Morgan fingerprint density at radius 3 is 2.47 bits per heavy atom. The topological polar surface area (TPSA) is 38.3 Å². The predicted octanol–water partition coefficient (Wildman–Crippen LogP) is 2.06. The maximum atomic E-state index is 11.4. The Morgan fingerprint density at radius 1 is 1.47 bits per heavy atom. The molecule has 4 heteroatoms. The molecule has 0 amide bonds. The summed E-state index contributed by atoms with van der Waals surface area (Å²) in [6.45, 7) is 7.79. The molecule has 0 spiro atoms. The van der Waals surface area contributed by atoms with Crippen LogP contribution in [0.25, 0.3) is 0 Å². The molecule has 0 heterocycles. The van der Waals surface area contributed by atoms with Crippen LogP contribution < -0.4 is 5.32 Å². The quantitative estimate of drug-likeness (QED) is 0.713. The van der Waals surface area contributed by atoms with Crippen LogP contribution in [0.5, 0.6) is 0 Å². The van der Waals surface area contributed by atoms with Gasteiger partial charge < -0.3 is 10.1 Å². The second-order valence-electron chi connectivity index (χ2n) is 4.50. The van der Waals surface area contributed by atoms with Crippen molar-refractivity contribution in [3.63, 3.8) is 0 Å². The number of nitrogens with one attached hydrogen (secondary N) is 1. The number of thioether (sulfide) groups is 1. The first-order valence-corrected chi connectivity index (χ1v) is 6.51. The van der Waals surface area contributed by atoms with Crippen LogP contribution in [0, 0.1) is 0 Å². The maximum Gasteiger partial charge on any atom is 0.316 e. The van der Waals surface area contributed by atoms with Crippen LogP contribution in [0.4, 0.5) is 0 Å². The monoisotopic (exact) mass is 233 g/mol. The maximum absolute atomic E-state index is 11.4. The highest BCUT2D eigenvalue weighted by Gasteiger charge is 2.16. The highest BCUT2D eigenvalue weighted by Crippen LogP contribution is 2.11. The third-order valence-electron chi connectivity index (χ3n) is 1.86. The van der Waals surface area contributed by atoms with Crippen LogP contribution in [0.3, 0.4) is 0 Å². The summed E-state index contributed by atoms with van der Waals surface area (Å²) in [6, 6.07) is 0.484. The van der Waals surface area contributed by atoms with E-state index in [4.69, 9.17) is 4.74 Å². The summed E-state index contributed by atoms with van der Waals surface area (Å²) < 4.78 is 5.21. The van der Waals surface area contributed by atoms with Crippen molar-refractivity contribution in [3.05, 3.63) is 0 Å². The molecule has 0 saturated carbocycles. The minimum Gasteiger partial charge on any atom is -0.459 e. The molecule has 0 aliphatic rings. The van der Waals surface area contributed by atoms with Gasteiger partial charge in [-0.1, -0.05) is 6.92 Å². The average Bonchev–Trinajstić information content (AvgIpc) is 2.09. The number of carbonyl (C=O) groups excluding carboxylic acids is 1. The molecule has 1 atom stereocenters. The fraction of sp³-hybridized carbons (Fsp3) is 0.909. The van der Waals surface area contributed by atoms with Gasteiger partial charge in [0.05, 0.1) is 5.75 Å². The average molecular weight is 233 g/mol. The SMILES string of the molecule is CCC(CSCC(=O)OC(C)(C)C)NC. The summed E-state index contributed by atoms with van der Waals surface area (Å²) >= 11 is 1.62. The van der Waals surface area contributed by atoms with Gasteiger partial charge in [0, 0.05) is 11.8 Å². The van der Waals surface area contributed by atoms with E-state index >= 15 is 0 Å². The smallest absolute Gasteiger partial charge is 0.316 e. The van der Waals surface area contributed by atoms with Gasteiger partial charge in [0.15, 0.2) is 0 Å². The molecule has 0 saturated heterocycles. The van der Waals surface area contributed by atoms with Gasteiger partial charge in [-0.15, -0.1) is 11.8 Å². The van der Waals surface area contributed by atoms with Crippen LogP contribution in [-0.4, -0.2) is 36.2 Å². The van der Waals surface area contributed by atoms with E-state index in [1.165, 1.54) is 0 Å². The standard InChI is InChI=1S/C11H23NO2S/c1-6-9(12-5)7-15-8-10(13)14-11(2,3)4/h9,12H,6-8H2,1-5H3. The van der Waals surface area contributed by atoms with Crippen LogP contribution in [0.15, 0.2) is 0 Å². The molecule has 3 nitrogen and oxygen atoms in total. The lowest BCUT2D eigenvalue weighted by atomic mass is 10.2. The summed E-state index contributed by atoms with van der Waals surface area (Å²) in [5, 5.41) is 3.20. The molecule has 0 aromatic carbocycles. The zero-order valence-electron chi connectivity index (χ0n) is 10.4. The zero-order chi connectivity index (χ0) is 11.9. The zero-order valence-corrected chi connectivity index (χ0v) is 11.2. The van der Waals surface area contributed by atoms with E-state index < -0.39 is 0 Å². The van der Waals surface area contributed by atoms with Crippen LogP contribution >= 0.6 is 11.8 Å². The van der Waals surface area contributed by atoms with Crippen molar-refractivity contribution in [3.8, 4) is 0 Å². The first-order chi connectivity index (χ1) is 6.89. The summed E-state index contributed by atoms with van der Waals surface area (Å²) in [5.74, 6) is 1.26. The number of hydrogen-bond acceptors (Lipinski definition) is 4. The highest BCUT2D eigenvalue weighted by molar-refractivity contribution is 7.99. The van der Waals surface area contributed by atoms with Gasteiger partial charge in [-0.2, -0.15) is 0 Å². The van der Waals surface area contributed by atoms with Crippen molar-refractivity contribution < 1.29 is 9.53 Å². The van der Waals surface area contributed by atoms with E-state index in [0.29, 0.717) is 11.8 Å². The summed E-state index contributed by atoms with van der Waals surface area (Å²) in [5.41, 5.74) is -0.370. The summed E-state index contributed by atoms with van der Waals surface area (Å²) in [4.78, 5) is 11.4. The van der Waals surface area contributed by atoms with Gasteiger partial charge >= 0.3 is 5.97 Å². The molecule has 0 fully saturated rings. The third kappa shape index (κ3) is 8.75. The Bertz CT molecular complexity index is 186. The van der Waals surface area contributed by atoms with Crippen LogP contribution in [0.2, 0.25) is 0 Å². The highest BCUT2D eigenvalue weighted by atomic mass is 32.2. The molecule has 0 aromatic rings. The van der Waals surface area contributed by atoms with E-state index in [1.54, 1.807) is 11.8 Å². The normalized spacial score (nSPS) is 13.7. The summed E-state index contributed by atoms with van der Waals surface area (Å²) in [6.07, 6.45) is 1.08. The Morgan fingerprint density at radius 2 is 2.07 bits per heavy atom. The van der Waals surface area contributed by atoms with Crippen LogP contribution in [-0.2, 0) is 9.53 Å². The Hall–Kier alpha value is -0.220. The molecule has 15 heavy (non-hydrogen) atoms. The lowest BCUT2D eigenvalue weighted by Gasteiger charge is -2.19. The van der Waals surface area contributed by atoms with E-state index in [9.17, 15) is 4.79 Å². The number of rotatable bonds is 6. The molecule has 0 aromatic heterocycles. The molecular formula is C11H23NO2S. The molecule has 0 radical (unpaired) electrons. The molecule has 90 valence electrons. The van der Waals surface area contributed by atoms with E-state index in [0.717, 1.165) is 12.2 Å². The molecule has 0 aliphatic heterocycles. The molecule has 1 N–H and O–H groups in total. The first kappa shape index (κ1) is 14.8. The van der Waals surface area contributed by atoms with Gasteiger partial charge in [0.1, 0.15) is 5.60 Å². The Labute approximate surface area is 97.3 Å². The molecular weight excluding hydrogens is 210 g/mol. The molecule has 0 bridgehead atoms. The number of hydrogen-bond donors (Lipinski definition) is 1. The molecule has 0 rings (SSSR count). The van der Waals surface area contributed by atoms with Gasteiger partial charge in [-0.25, -0.2) is 0 Å². The molecule has 0 aliphatic carbocycles. The van der Waals surface area contributed by atoms with E-state index in [2.05, 4.69) is 12.2 Å². The Balaban J connectivity index is 3.64. The third-order valence-corrected chi connectivity index (χ3v) is 2.94. The van der Waals surface area contributed by atoms with E-state index in [1.807, 2.05) is 27.8 Å². The van der Waals surface area contributed by atoms with Crippen molar-refractivity contribution in [2.75, 3.05) is 18.6 Å². The minimum atomic E-state index is -0.370. The fourth-order valence-electron chi connectivity index (χ4n) is 1.06. The van der Waals surface area contributed by atoms with Crippen LogP contribution in [0.1, 0.15) is 34.1 Å².